The van der Waals surface area contributed by atoms with E-state index in [4.69, 9.17) is 0 Å². The largest absolute Gasteiger partial charge is 0.390 e. The van der Waals surface area contributed by atoms with Crippen LogP contribution in [0.3, 0.4) is 0 Å². The molecular weight excluding hydrogens is 597 g/mol. The van der Waals surface area contributed by atoms with Gasteiger partial charge in [0, 0.05) is 5.69 Å². The third-order valence-electron chi connectivity index (χ3n) is 7.28. The summed E-state index contributed by atoms with van der Waals surface area (Å²) in [5.41, 5.74) is 0.257. The van der Waals surface area contributed by atoms with Gasteiger partial charge in [-0.2, -0.15) is 0 Å². The van der Waals surface area contributed by atoms with Gasteiger partial charge in [0.05, 0.1) is 39.1 Å². The van der Waals surface area contributed by atoms with Gasteiger partial charge in [0.1, 0.15) is 0 Å². The van der Waals surface area contributed by atoms with Crippen LogP contribution in [0, 0.1) is 0 Å². The number of nitrogens with zero attached hydrogens (tertiary/aromatic N) is 1. The number of benzene rings is 5. The lowest BCUT2D eigenvalue weighted by molar-refractivity contribution is 0.184. The fraction of sp³-hybridized carbons (Fsp3) is 0.133. The summed E-state index contributed by atoms with van der Waals surface area (Å²) >= 11 is 0. The predicted molar refractivity (Wildman–Crippen MR) is 163 cm³/mol. The van der Waals surface area contributed by atoms with Gasteiger partial charge in [-0.1, -0.05) is 60.7 Å². The molecule has 0 aromatic heterocycles. The summed E-state index contributed by atoms with van der Waals surface area (Å²) in [6, 6.07) is 28.2. The molecule has 2 atom stereocenters. The van der Waals surface area contributed by atoms with Crippen molar-refractivity contribution in [1.29, 1.82) is 0 Å². The van der Waals surface area contributed by atoms with Crippen molar-refractivity contribution in [3.05, 3.63) is 109 Å². The molecule has 0 bridgehead atoms. The van der Waals surface area contributed by atoms with Crippen molar-refractivity contribution in [3.63, 3.8) is 0 Å². The van der Waals surface area contributed by atoms with Crippen LogP contribution in [0.5, 0.6) is 0 Å². The lowest BCUT2D eigenvalue weighted by atomic mass is 10.1. The Balaban J connectivity index is 1.36. The van der Waals surface area contributed by atoms with E-state index >= 15 is 0 Å². The van der Waals surface area contributed by atoms with Crippen molar-refractivity contribution in [3.8, 4) is 0 Å². The Morgan fingerprint density at radius 3 is 1.74 bits per heavy atom. The average molecular weight is 623 g/mol. The summed E-state index contributed by atoms with van der Waals surface area (Å²) in [5, 5.41) is 13.8. The number of aliphatic hydroxyl groups is 1. The van der Waals surface area contributed by atoms with E-state index in [1.807, 2.05) is 36.4 Å². The minimum atomic E-state index is -4.35. The first kappa shape index (κ1) is 28.2. The highest BCUT2D eigenvalue weighted by molar-refractivity contribution is 7.93. The highest BCUT2D eigenvalue weighted by Crippen LogP contribution is 2.33. The van der Waals surface area contributed by atoms with Gasteiger partial charge < -0.3 is 5.11 Å². The van der Waals surface area contributed by atoms with Crippen LogP contribution in [-0.2, 0) is 29.9 Å². The summed E-state index contributed by atoms with van der Waals surface area (Å²) < 4.78 is 82.5. The Hall–Kier alpha value is -3.97. The third-order valence-corrected chi connectivity index (χ3v) is 12.2. The van der Waals surface area contributed by atoms with Crippen molar-refractivity contribution >= 4 is 62.8 Å². The molecule has 0 saturated carbocycles. The first-order valence-corrected chi connectivity index (χ1v) is 17.7. The van der Waals surface area contributed by atoms with Gasteiger partial charge in [0.2, 0.25) is 0 Å². The standard InChI is InChI=1S/C30H26N2O7S3/c33-30-20-40(34,35)19-29(30)32(42(38,39)28-16-10-22-6-2-4-8-24(22)18-28)26-13-11-25(12-14-26)31-41(36,37)27-15-9-21-5-1-3-7-23(21)17-27/h1-18,29-31,33H,19-20H2/t29-,30-/m1/s1. The minimum absolute atomic E-state index is 0.0602. The van der Waals surface area contributed by atoms with Crippen LogP contribution in [0.4, 0.5) is 11.4 Å². The smallest absolute Gasteiger partial charge is 0.264 e. The van der Waals surface area contributed by atoms with E-state index in [2.05, 4.69) is 4.72 Å². The van der Waals surface area contributed by atoms with E-state index < -0.39 is 53.5 Å². The van der Waals surface area contributed by atoms with Crippen molar-refractivity contribution in [1.82, 2.24) is 0 Å². The van der Waals surface area contributed by atoms with Gasteiger partial charge in [0.25, 0.3) is 20.0 Å². The molecule has 12 heteroatoms. The Kier molecular flexibility index (Phi) is 6.97. The Morgan fingerprint density at radius 1 is 0.667 bits per heavy atom. The minimum Gasteiger partial charge on any atom is -0.390 e. The van der Waals surface area contributed by atoms with Crippen LogP contribution in [0.1, 0.15) is 0 Å². The molecule has 0 unspecified atom stereocenters. The zero-order chi connectivity index (χ0) is 29.7. The highest BCUT2D eigenvalue weighted by Gasteiger charge is 2.45. The molecule has 1 heterocycles. The van der Waals surface area contributed by atoms with E-state index in [0.717, 1.165) is 20.5 Å². The van der Waals surface area contributed by atoms with E-state index in [-0.39, 0.29) is 21.2 Å². The molecule has 0 amide bonds. The summed E-state index contributed by atoms with van der Waals surface area (Å²) in [7, 11) is -12.0. The number of anilines is 2. The molecule has 0 radical (unpaired) electrons. The molecule has 0 spiro atoms. The number of aliphatic hydroxyl groups excluding tert-OH is 1. The molecule has 0 aliphatic carbocycles. The Morgan fingerprint density at radius 2 is 1.19 bits per heavy atom. The van der Waals surface area contributed by atoms with Crippen LogP contribution in [0.15, 0.2) is 119 Å². The second-order valence-electron chi connectivity index (χ2n) is 10.2. The summed E-state index contributed by atoms with van der Waals surface area (Å²) in [6.07, 6.45) is -1.45. The lowest BCUT2D eigenvalue weighted by Crippen LogP contribution is -2.47. The zero-order valence-corrected chi connectivity index (χ0v) is 24.5. The Labute approximate surface area is 244 Å². The maximum Gasteiger partial charge on any atom is 0.264 e. The van der Waals surface area contributed by atoms with Crippen molar-refractivity contribution in [2.75, 3.05) is 20.5 Å². The normalized spacial score (nSPS) is 18.7. The molecule has 1 fully saturated rings. The van der Waals surface area contributed by atoms with Crippen LogP contribution < -0.4 is 9.03 Å². The molecule has 216 valence electrons. The van der Waals surface area contributed by atoms with Gasteiger partial charge >= 0.3 is 0 Å². The first-order valence-electron chi connectivity index (χ1n) is 13.0. The van der Waals surface area contributed by atoms with E-state index in [1.165, 1.54) is 42.5 Å². The number of hydrogen-bond donors (Lipinski definition) is 2. The summed E-state index contributed by atoms with van der Waals surface area (Å²) in [5.74, 6) is -1.12. The molecule has 6 rings (SSSR count). The Bertz CT molecular complexity index is 2150. The van der Waals surface area contributed by atoms with Crippen molar-refractivity contribution < 1.29 is 30.4 Å². The van der Waals surface area contributed by atoms with Gasteiger partial charge in [0.15, 0.2) is 9.84 Å². The number of rotatable bonds is 7. The second-order valence-corrected chi connectivity index (χ2v) is 15.8. The van der Waals surface area contributed by atoms with Crippen LogP contribution in [0.25, 0.3) is 21.5 Å². The molecule has 5 aromatic carbocycles. The van der Waals surface area contributed by atoms with Crippen molar-refractivity contribution in [2.45, 2.75) is 21.9 Å². The maximum atomic E-state index is 14.0. The fourth-order valence-electron chi connectivity index (χ4n) is 5.21. The van der Waals surface area contributed by atoms with Crippen LogP contribution >= 0.6 is 0 Å². The monoisotopic (exact) mass is 622 g/mol. The number of hydrogen-bond acceptors (Lipinski definition) is 7. The molecule has 1 aliphatic rings. The van der Waals surface area contributed by atoms with Crippen LogP contribution in [0.2, 0.25) is 0 Å². The number of nitrogens with one attached hydrogen (secondary N) is 1. The van der Waals surface area contributed by atoms with Gasteiger partial charge in [-0.3, -0.25) is 9.03 Å². The summed E-state index contributed by atoms with van der Waals surface area (Å²) in [4.78, 5) is -0.0103. The van der Waals surface area contributed by atoms with Gasteiger partial charge in [-0.05, 0) is 70.1 Å². The van der Waals surface area contributed by atoms with E-state index in [9.17, 15) is 30.4 Å². The molecule has 1 aliphatic heterocycles. The van der Waals surface area contributed by atoms with Crippen molar-refractivity contribution in [2.24, 2.45) is 0 Å². The second kappa shape index (κ2) is 10.4. The van der Waals surface area contributed by atoms with Gasteiger partial charge in [-0.15, -0.1) is 0 Å². The number of fused-ring (bicyclic) bond motifs is 2. The molecule has 9 nitrogen and oxygen atoms in total. The lowest BCUT2D eigenvalue weighted by Gasteiger charge is -2.31. The van der Waals surface area contributed by atoms with Crippen LogP contribution in [-0.4, -0.2) is 54.0 Å². The average Bonchev–Trinajstić information content (AvgIpc) is 3.24. The fourth-order valence-corrected chi connectivity index (χ4v) is 9.88. The molecule has 5 aromatic rings. The summed E-state index contributed by atoms with van der Waals surface area (Å²) in [6.45, 7) is 0. The highest BCUT2D eigenvalue weighted by atomic mass is 32.2. The zero-order valence-electron chi connectivity index (χ0n) is 22.0. The molecule has 1 saturated heterocycles. The maximum absolute atomic E-state index is 14.0. The quantitative estimate of drug-likeness (QED) is 0.278. The molecule has 42 heavy (non-hydrogen) atoms. The SMILES string of the molecule is O=S1(=O)C[C@@H](O)[C@H](N(c2ccc(NS(=O)(=O)c3ccc4ccccc4c3)cc2)S(=O)(=O)c2ccc3ccccc3c2)C1. The third kappa shape index (κ3) is 5.34. The van der Waals surface area contributed by atoms with E-state index in [0.29, 0.717) is 5.39 Å². The first-order chi connectivity index (χ1) is 19.9. The number of sulfonamides is 2. The molecule has 2 N–H and O–H groups in total. The number of sulfone groups is 1. The molecular formula is C30H26N2O7S3. The van der Waals surface area contributed by atoms with E-state index in [1.54, 1.807) is 30.3 Å². The topological polar surface area (TPSA) is 138 Å². The predicted octanol–water partition coefficient (Wildman–Crippen LogP) is 4.15. The van der Waals surface area contributed by atoms with Gasteiger partial charge in [-0.25, -0.2) is 25.3 Å².